The summed E-state index contributed by atoms with van der Waals surface area (Å²) in [6, 6.07) is 4.39. The predicted molar refractivity (Wildman–Crippen MR) is 82.7 cm³/mol. The van der Waals surface area contributed by atoms with Gasteiger partial charge in [-0.2, -0.15) is 0 Å². The van der Waals surface area contributed by atoms with Gasteiger partial charge in [0.2, 0.25) is 0 Å². The SMILES string of the molecule is CCNC1CC(C)(C)CCc2c(OC)ccc(OC)c21. The molecule has 1 aliphatic carbocycles. The molecule has 0 bridgehead atoms. The van der Waals surface area contributed by atoms with Crippen LogP contribution < -0.4 is 14.8 Å². The molecule has 0 saturated carbocycles. The molecule has 0 heterocycles. The number of rotatable bonds is 4. The van der Waals surface area contributed by atoms with E-state index in [1.807, 2.05) is 12.1 Å². The molecule has 0 fully saturated rings. The number of benzene rings is 1. The second kappa shape index (κ2) is 6.04. The van der Waals surface area contributed by atoms with E-state index in [9.17, 15) is 0 Å². The Hall–Kier alpha value is -1.22. The highest BCUT2D eigenvalue weighted by molar-refractivity contribution is 5.51. The lowest BCUT2D eigenvalue weighted by molar-refractivity contribution is 0.272. The lowest BCUT2D eigenvalue weighted by Gasteiger charge is -2.28. The van der Waals surface area contributed by atoms with Crippen molar-refractivity contribution in [2.75, 3.05) is 20.8 Å². The Labute approximate surface area is 122 Å². The standard InChI is InChI=1S/C17H27NO2/c1-6-18-13-11-17(2,3)10-9-12-14(19-4)7-8-15(20-5)16(12)13/h7-8,13,18H,6,9-11H2,1-5H3. The van der Waals surface area contributed by atoms with Gasteiger partial charge in [0.25, 0.3) is 0 Å². The fraction of sp³-hybridized carbons (Fsp3) is 0.647. The van der Waals surface area contributed by atoms with Crippen LogP contribution in [0, 0.1) is 5.41 Å². The van der Waals surface area contributed by atoms with Gasteiger partial charge in [-0.25, -0.2) is 0 Å². The van der Waals surface area contributed by atoms with Gasteiger partial charge in [-0.3, -0.25) is 0 Å². The third-order valence-electron chi connectivity index (χ3n) is 4.32. The van der Waals surface area contributed by atoms with Crippen LogP contribution in [0.2, 0.25) is 0 Å². The molecule has 0 radical (unpaired) electrons. The quantitative estimate of drug-likeness (QED) is 0.851. The Bertz CT molecular complexity index is 468. The fourth-order valence-electron chi connectivity index (χ4n) is 3.27. The van der Waals surface area contributed by atoms with Crippen molar-refractivity contribution in [1.29, 1.82) is 0 Å². The number of fused-ring (bicyclic) bond motifs is 1. The minimum Gasteiger partial charge on any atom is -0.496 e. The molecule has 2 rings (SSSR count). The molecule has 0 saturated heterocycles. The number of methoxy groups -OCH3 is 2. The van der Waals surface area contributed by atoms with Gasteiger partial charge in [0.1, 0.15) is 11.5 Å². The fourth-order valence-corrected chi connectivity index (χ4v) is 3.27. The van der Waals surface area contributed by atoms with Crippen LogP contribution in [-0.2, 0) is 6.42 Å². The largest absolute Gasteiger partial charge is 0.496 e. The summed E-state index contributed by atoms with van der Waals surface area (Å²) in [5.41, 5.74) is 2.92. The van der Waals surface area contributed by atoms with Gasteiger partial charge in [0.15, 0.2) is 0 Å². The summed E-state index contributed by atoms with van der Waals surface area (Å²) >= 11 is 0. The van der Waals surface area contributed by atoms with Crippen LogP contribution in [0.25, 0.3) is 0 Å². The van der Waals surface area contributed by atoms with Crippen molar-refractivity contribution in [1.82, 2.24) is 5.32 Å². The van der Waals surface area contributed by atoms with E-state index in [0.29, 0.717) is 11.5 Å². The molecular weight excluding hydrogens is 250 g/mol. The second-order valence-corrected chi connectivity index (χ2v) is 6.34. The van der Waals surface area contributed by atoms with Gasteiger partial charge in [-0.1, -0.05) is 20.8 Å². The summed E-state index contributed by atoms with van der Waals surface area (Å²) in [6.07, 6.45) is 3.34. The first-order chi connectivity index (χ1) is 9.52. The van der Waals surface area contributed by atoms with E-state index >= 15 is 0 Å². The van der Waals surface area contributed by atoms with E-state index in [1.54, 1.807) is 14.2 Å². The molecule has 20 heavy (non-hydrogen) atoms. The smallest absolute Gasteiger partial charge is 0.124 e. The van der Waals surface area contributed by atoms with Crippen molar-refractivity contribution in [3.8, 4) is 11.5 Å². The highest BCUT2D eigenvalue weighted by atomic mass is 16.5. The van der Waals surface area contributed by atoms with Crippen molar-refractivity contribution < 1.29 is 9.47 Å². The lowest BCUT2D eigenvalue weighted by Crippen LogP contribution is -2.26. The molecule has 1 aliphatic rings. The predicted octanol–water partition coefficient (Wildman–Crippen LogP) is 3.72. The van der Waals surface area contributed by atoms with E-state index in [1.165, 1.54) is 17.5 Å². The number of hydrogen-bond donors (Lipinski definition) is 1. The molecular formula is C17H27NO2. The molecule has 0 amide bonds. The highest BCUT2D eigenvalue weighted by Gasteiger charge is 2.32. The zero-order chi connectivity index (χ0) is 14.8. The zero-order valence-electron chi connectivity index (χ0n) is 13.4. The van der Waals surface area contributed by atoms with Crippen molar-refractivity contribution in [3.63, 3.8) is 0 Å². The molecule has 1 atom stereocenters. The molecule has 1 aromatic carbocycles. The van der Waals surface area contributed by atoms with Gasteiger partial charge in [0.05, 0.1) is 14.2 Å². The van der Waals surface area contributed by atoms with Crippen LogP contribution in [0.5, 0.6) is 11.5 Å². The van der Waals surface area contributed by atoms with Crippen LogP contribution >= 0.6 is 0 Å². The van der Waals surface area contributed by atoms with Crippen LogP contribution in [0.1, 0.15) is 50.8 Å². The average Bonchev–Trinajstić information content (AvgIpc) is 2.55. The molecule has 1 aromatic rings. The molecule has 3 nitrogen and oxygen atoms in total. The first kappa shape index (κ1) is 15.2. The van der Waals surface area contributed by atoms with Crippen LogP contribution in [0.3, 0.4) is 0 Å². The van der Waals surface area contributed by atoms with Gasteiger partial charge < -0.3 is 14.8 Å². The van der Waals surface area contributed by atoms with E-state index in [-0.39, 0.29) is 0 Å². The highest BCUT2D eigenvalue weighted by Crippen LogP contribution is 2.45. The second-order valence-electron chi connectivity index (χ2n) is 6.34. The number of nitrogens with one attached hydrogen (secondary N) is 1. The van der Waals surface area contributed by atoms with E-state index in [0.717, 1.165) is 30.9 Å². The summed E-state index contributed by atoms with van der Waals surface area (Å²) in [7, 11) is 3.50. The summed E-state index contributed by atoms with van der Waals surface area (Å²) < 4.78 is 11.2. The molecule has 1 unspecified atom stereocenters. The molecule has 112 valence electrons. The Morgan fingerprint density at radius 3 is 2.45 bits per heavy atom. The average molecular weight is 277 g/mol. The Morgan fingerprint density at radius 2 is 1.85 bits per heavy atom. The normalized spacial score (nSPS) is 20.9. The topological polar surface area (TPSA) is 30.5 Å². The van der Waals surface area contributed by atoms with Gasteiger partial charge in [0, 0.05) is 17.2 Å². The van der Waals surface area contributed by atoms with Crippen LogP contribution in [0.15, 0.2) is 12.1 Å². The number of hydrogen-bond acceptors (Lipinski definition) is 3. The van der Waals surface area contributed by atoms with Gasteiger partial charge in [-0.15, -0.1) is 0 Å². The number of ether oxygens (including phenoxy) is 2. The first-order valence-corrected chi connectivity index (χ1v) is 7.49. The third kappa shape index (κ3) is 2.93. The Kier molecular flexibility index (Phi) is 4.59. The molecule has 0 spiro atoms. The summed E-state index contributed by atoms with van der Waals surface area (Å²) in [5.74, 6) is 1.96. The monoisotopic (exact) mass is 277 g/mol. The molecule has 3 heteroatoms. The summed E-state index contributed by atoms with van der Waals surface area (Å²) in [6.45, 7) is 7.81. The Balaban J connectivity index is 2.55. The maximum absolute atomic E-state index is 5.62. The van der Waals surface area contributed by atoms with Crippen LogP contribution in [0.4, 0.5) is 0 Å². The molecule has 0 aromatic heterocycles. The van der Waals surface area contributed by atoms with Crippen molar-refractivity contribution in [2.45, 2.75) is 46.1 Å². The van der Waals surface area contributed by atoms with E-state index in [4.69, 9.17) is 9.47 Å². The maximum Gasteiger partial charge on any atom is 0.124 e. The van der Waals surface area contributed by atoms with Gasteiger partial charge in [-0.05, 0) is 43.4 Å². The Morgan fingerprint density at radius 1 is 1.20 bits per heavy atom. The van der Waals surface area contributed by atoms with Crippen molar-refractivity contribution in [3.05, 3.63) is 23.3 Å². The van der Waals surface area contributed by atoms with Crippen LogP contribution in [-0.4, -0.2) is 20.8 Å². The van der Waals surface area contributed by atoms with E-state index < -0.39 is 0 Å². The molecule has 0 aliphatic heterocycles. The first-order valence-electron chi connectivity index (χ1n) is 7.49. The summed E-state index contributed by atoms with van der Waals surface area (Å²) in [4.78, 5) is 0. The summed E-state index contributed by atoms with van der Waals surface area (Å²) in [5, 5.41) is 3.63. The van der Waals surface area contributed by atoms with Crippen molar-refractivity contribution in [2.24, 2.45) is 5.41 Å². The maximum atomic E-state index is 5.62. The van der Waals surface area contributed by atoms with Crippen molar-refractivity contribution >= 4 is 0 Å². The minimum atomic E-state index is 0.321. The lowest BCUT2D eigenvalue weighted by atomic mass is 9.83. The molecule has 1 N–H and O–H groups in total. The minimum absolute atomic E-state index is 0.321. The van der Waals surface area contributed by atoms with E-state index in [2.05, 4.69) is 26.1 Å². The third-order valence-corrected chi connectivity index (χ3v) is 4.32. The zero-order valence-corrected chi connectivity index (χ0v) is 13.4. The van der Waals surface area contributed by atoms with Gasteiger partial charge >= 0.3 is 0 Å².